The third-order valence-corrected chi connectivity index (χ3v) is 4.35. The second-order valence-corrected chi connectivity index (χ2v) is 5.80. The Bertz CT molecular complexity index is 1150. The van der Waals surface area contributed by atoms with Crippen molar-refractivity contribution >= 4 is 16.6 Å². The quantitative estimate of drug-likeness (QED) is 0.520. The number of fused-ring (bicyclic) bond motifs is 2. The van der Waals surface area contributed by atoms with Crippen LogP contribution in [0, 0.1) is 0 Å². The summed E-state index contributed by atoms with van der Waals surface area (Å²) >= 11 is 0. The first-order chi connectivity index (χ1) is 11.9. The van der Waals surface area contributed by atoms with Gasteiger partial charge in [0.05, 0.1) is 5.52 Å². The summed E-state index contributed by atoms with van der Waals surface area (Å²) in [4.78, 5) is 7.86. The lowest BCUT2D eigenvalue weighted by Crippen LogP contribution is -1.86. The number of benzene rings is 1. The van der Waals surface area contributed by atoms with Crippen molar-refractivity contribution in [2.75, 3.05) is 0 Å². The summed E-state index contributed by atoms with van der Waals surface area (Å²) in [5.74, 6) is 0. The summed E-state index contributed by atoms with van der Waals surface area (Å²) < 4.78 is 1.87. The number of hydrogen-bond donors (Lipinski definition) is 1. The lowest BCUT2D eigenvalue weighted by atomic mass is 10.0. The van der Waals surface area contributed by atoms with Crippen molar-refractivity contribution in [1.29, 1.82) is 0 Å². The van der Waals surface area contributed by atoms with E-state index in [0.717, 1.165) is 33.2 Å². The number of aromatic nitrogens is 4. The molecule has 0 spiro atoms. The van der Waals surface area contributed by atoms with Gasteiger partial charge < -0.3 is 4.98 Å². The average Bonchev–Trinajstić information content (AvgIpc) is 3.27. The third-order valence-electron chi connectivity index (χ3n) is 4.35. The standard InChI is InChI=1S/C20H14N4/c1-2-4-14(5-3-1)16-11-18-19(13-22-20(18)21-12-16)15-7-9-24-17(10-15)6-8-23-24/h1-13H,(H,21,22). The topological polar surface area (TPSA) is 46.0 Å². The van der Waals surface area contributed by atoms with E-state index < -0.39 is 0 Å². The molecule has 0 saturated carbocycles. The maximum absolute atomic E-state index is 4.58. The Balaban J connectivity index is 1.71. The normalized spacial score (nSPS) is 11.3. The van der Waals surface area contributed by atoms with E-state index in [1.807, 2.05) is 53.6 Å². The number of aromatic amines is 1. The number of rotatable bonds is 2. The molecule has 0 saturated heterocycles. The van der Waals surface area contributed by atoms with Crippen molar-refractivity contribution in [2.24, 2.45) is 0 Å². The van der Waals surface area contributed by atoms with Gasteiger partial charge in [-0.1, -0.05) is 30.3 Å². The Morgan fingerprint density at radius 1 is 0.875 bits per heavy atom. The molecule has 0 fully saturated rings. The molecule has 4 heterocycles. The zero-order valence-corrected chi connectivity index (χ0v) is 12.8. The predicted molar refractivity (Wildman–Crippen MR) is 95.7 cm³/mol. The third kappa shape index (κ3) is 2.01. The Hall–Kier alpha value is -3.40. The van der Waals surface area contributed by atoms with Crippen molar-refractivity contribution < 1.29 is 0 Å². The molecule has 24 heavy (non-hydrogen) atoms. The number of H-pyrrole nitrogens is 1. The van der Waals surface area contributed by atoms with Gasteiger partial charge in [0.1, 0.15) is 5.65 Å². The SMILES string of the molecule is c1ccc(-c2cnc3[nH]cc(-c4ccn5nccc5c4)c3c2)cc1. The fourth-order valence-corrected chi connectivity index (χ4v) is 3.12. The molecule has 0 aliphatic carbocycles. The van der Waals surface area contributed by atoms with Crippen LogP contribution in [0.2, 0.25) is 0 Å². The minimum atomic E-state index is 0.901. The summed E-state index contributed by atoms with van der Waals surface area (Å²) in [6.07, 6.45) is 7.73. The van der Waals surface area contributed by atoms with Crippen LogP contribution in [0.15, 0.2) is 79.4 Å². The zero-order valence-electron chi connectivity index (χ0n) is 12.8. The maximum Gasteiger partial charge on any atom is 0.137 e. The molecule has 4 aromatic heterocycles. The molecule has 0 aliphatic rings. The van der Waals surface area contributed by atoms with Crippen molar-refractivity contribution in [3.8, 4) is 22.3 Å². The molecule has 114 valence electrons. The molecule has 0 aliphatic heterocycles. The van der Waals surface area contributed by atoms with E-state index in [1.54, 1.807) is 0 Å². The smallest absolute Gasteiger partial charge is 0.137 e. The minimum absolute atomic E-state index is 0.901. The van der Waals surface area contributed by atoms with Crippen molar-refractivity contribution in [2.45, 2.75) is 0 Å². The first-order valence-corrected chi connectivity index (χ1v) is 7.85. The predicted octanol–water partition coefficient (Wildman–Crippen LogP) is 4.54. The number of pyridine rings is 2. The van der Waals surface area contributed by atoms with E-state index in [4.69, 9.17) is 0 Å². The molecule has 4 heteroatoms. The van der Waals surface area contributed by atoms with Crippen LogP contribution in [0.5, 0.6) is 0 Å². The second-order valence-electron chi connectivity index (χ2n) is 5.80. The van der Waals surface area contributed by atoms with Crippen LogP contribution in [0.4, 0.5) is 0 Å². The molecular weight excluding hydrogens is 296 g/mol. The molecule has 5 rings (SSSR count). The average molecular weight is 310 g/mol. The second kappa shape index (κ2) is 5.06. The highest BCUT2D eigenvalue weighted by atomic mass is 15.2. The van der Waals surface area contributed by atoms with Gasteiger partial charge in [-0.25, -0.2) is 9.50 Å². The summed E-state index contributed by atoms with van der Waals surface area (Å²) in [5, 5.41) is 5.38. The fraction of sp³-hybridized carbons (Fsp3) is 0. The van der Waals surface area contributed by atoms with Gasteiger partial charge in [0.2, 0.25) is 0 Å². The van der Waals surface area contributed by atoms with Gasteiger partial charge in [-0.05, 0) is 35.4 Å². The lowest BCUT2D eigenvalue weighted by Gasteiger charge is -2.04. The number of nitrogens with one attached hydrogen (secondary N) is 1. The van der Waals surface area contributed by atoms with Crippen molar-refractivity contribution in [3.63, 3.8) is 0 Å². The molecule has 0 atom stereocenters. The van der Waals surface area contributed by atoms with E-state index >= 15 is 0 Å². The Morgan fingerprint density at radius 3 is 2.71 bits per heavy atom. The van der Waals surface area contributed by atoms with Crippen LogP contribution < -0.4 is 0 Å². The monoisotopic (exact) mass is 310 g/mol. The van der Waals surface area contributed by atoms with E-state index in [0.29, 0.717) is 0 Å². The van der Waals surface area contributed by atoms with Gasteiger partial charge in [0, 0.05) is 41.3 Å². The Labute approximate surface area is 138 Å². The van der Waals surface area contributed by atoms with Gasteiger partial charge in [0.15, 0.2) is 0 Å². The molecule has 1 N–H and O–H groups in total. The minimum Gasteiger partial charge on any atom is -0.346 e. The van der Waals surface area contributed by atoms with E-state index in [2.05, 4.69) is 45.4 Å². The van der Waals surface area contributed by atoms with Crippen LogP contribution >= 0.6 is 0 Å². The lowest BCUT2D eigenvalue weighted by molar-refractivity contribution is 0.962. The van der Waals surface area contributed by atoms with Crippen molar-refractivity contribution in [1.82, 2.24) is 19.6 Å². The van der Waals surface area contributed by atoms with Crippen LogP contribution in [0.3, 0.4) is 0 Å². The molecule has 1 aromatic carbocycles. The molecule has 5 aromatic rings. The number of nitrogens with zero attached hydrogens (tertiary/aromatic N) is 3. The van der Waals surface area contributed by atoms with Crippen LogP contribution in [-0.2, 0) is 0 Å². The Morgan fingerprint density at radius 2 is 1.79 bits per heavy atom. The summed E-state index contributed by atoms with van der Waals surface area (Å²) in [6, 6.07) is 18.8. The highest BCUT2D eigenvalue weighted by Crippen LogP contribution is 2.31. The molecule has 0 amide bonds. The first-order valence-electron chi connectivity index (χ1n) is 7.85. The van der Waals surface area contributed by atoms with Crippen molar-refractivity contribution in [3.05, 3.63) is 79.4 Å². The fourth-order valence-electron chi connectivity index (χ4n) is 3.12. The van der Waals surface area contributed by atoms with Crippen LogP contribution in [0.1, 0.15) is 0 Å². The molecule has 4 nitrogen and oxygen atoms in total. The highest BCUT2D eigenvalue weighted by molar-refractivity contribution is 5.96. The highest BCUT2D eigenvalue weighted by Gasteiger charge is 2.09. The summed E-state index contributed by atoms with van der Waals surface area (Å²) in [5.41, 5.74) is 6.58. The Kier molecular flexibility index (Phi) is 2.76. The van der Waals surface area contributed by atoms with Gasteiger partial charge in [0.25, 0.3) is 0 Å². The molecule has 0 radical (unpaired) electrons. The number of hydrogen-bond acceptors (Lipinski definition) is 2. The zero-order chi connectivity index (χ0) is 15.9. The van der Waals surface area contributed by atoms with E-state index in [9.17, 15) is 0 Å². The van der Waals surface area contributed by atoms with Crippen LogP contribution in [0.25, 0.3) is 38.8 Å². The summed E-state index contributed by atoms with van der Waals surface area (Å²) in [6.45, 7) is 0. The van der Waals surface area contributed by atoms with Gasteiger partial charge in [-0.3, -0.25) is 0 Å². The van der Waals surface area contributed by atoms with Gasteiger partial charge in [-0.15, -0.1) is 0 Å². The summed E-state index contributed by atoms with van der Waals surface area (Å²) in [7, 11) is 0. The van der Waals surface area contributed by atoms with E-state index in [1.165, 1.54) is 5.56 Å². The van der Waals surface area contributed by atoms with Gasteiger partial charge in [-0.2, -0.15) is 5.10 Å². The molecule has 0 unspecified atom stereocenters. The van der Waals surface area contributed by atoms with Crippen LogP contribution in [-0.4, -0.2) is 19.6 Å². The molecular formula is C20H14N4. The first kappa shape index (κ1) is 13.1. The van der Waals surface area contributed by atoms with E-state index in [-0.39, 0.29) is 0 Å². The maximum atomic E-state index is 4.58. The largest absolute Gasteiger partial charge is 0.346 e. The molecule has 0 bridgehead atoms. The van der Waals surface area contributed by atoms with Gasteiger partial charge >= 0.3 is 0 Å².